The van der Waals surface area contributed by atoms with Gasteiger partial charge in [-0.15, -0.1) is 0 Å². The number of amides is 2. The number of benzene rings is 1. The van der Waals surface area contributed by atoms with Gasteiger partial charge in [0.1, 0.15) is 5.82 Å². The molecule has 1 aliphatic rings. The van der Waals surface area contributed by atoms with Gasteiger partial charge < -0.3 is 30.5 Å². The molecule has 0 aromatic heterocycles. The maximum Gasteiger partial charge on any atom is 0.337 e. The number of aliphatic carboxylic acids is 1. The number of carboxylic acids is 1. The number of carbonyl (C=O) groups excluding carboxylic acids is 1. The third-order valence-electron chi connectivity index (χ3n) is 3.69. The zero-order valence-electron chi connectivity index (χ0n) is 13.5. The number of urea groups is 1. The SMILES string of the molecule is CC(O)(CNC(=O)Nc1cc(F)c(Cl)cc1N1CCOCC1)C(=O)O. The van der Waals surface area contributed by atoms with Gasteiger partial charge in [-0.25, -0.2) is 14.0 Å². The Balaban J connectivity index is 2.13. The van der Waals surface area contributed by atoms with Crippen LogP contribution in [0.3, 0.4) is 0 Å². The van der Waals surface area contributed by atoms with Crippen molar-refractivity contribution >= 4 is 35.0 Å². The van der Waals surface area contributed by atoms with E-state index in [2.05, 4.69) is 10.6 Å². The molecule has 4 N–H and O–H groups in total. The van der Waals surface area contributed by atoms with Gasteiger partial charge in [0.05, 0.1) is 36.2 Å². The summed E-state index contributed by atoms with van der Waals surface area (Å²) in [5.41, 5.74) is -1.42. The summed E-state index contributed by atoms with van der Waals surface area (Å²) in [6, 6.07) is 1.71. The Kier molecular flexibility index (Phi) is 6.04. The standard InChI is InChI=1S/C15H19ClFN3O5/c1-15(24,13(21)22)8-18-14(23)19-11-7-10(17)9(16)6-12(11)20-2-4-25-5-3-20/h6-7,24H,2-5,8H2,1H3,(H,21,22)(H2,18,19,23). The van der Waals surface area contributed by atoms with Crippen LogP contribution in [0.1, 0.15) is 6.92 Å². The van der Waals surface area contributed by atoms with E-state index in [0.29, 0.717) is 32.0 Å². The van der Waals surface area contributed by atoms with Crippen molar-refractivity contribution in [1.29, 1.82) is 0 Å². The lowest BCUT2D eigenvalue weighted by molar-refractivity contribution is -0.155. The smallest absolute Gasteiger partial charge is 0.337 e. The topological polar surface area (TPSA) is 111 Å². The molecule has 1 fully saturated rings. The van der Waals surface area contributed by atoms with Crippen LogP contribution in [-0.4, -0.2) is 60.7 Å². The van der Waals surface area contributed by atoms with E-state index in [1.54, 1.807) is 0 Å². The molecule has 2 amide bonds. The highest BCUT2D eigenvalue weighted by Crippen LogP contribution is 2.32. The maximum atomic E-state index is 13.8. The summed E-state index contributed by atoms with van der Waals surface area (Å²) in [5, 5.41) is 23.0. The Hall–Kier alpha value is -2.10. The van der Waals surface area contributed by atoms with E-state index in [9.17, 15) is 19.1 Å². The van der Waals surface area contributed by atoms with Crippen molar-refractivity contribution in [3.05, 3.63) is 23.0 Å². The molecule has 8 nitrogen and oxygen atoms in total. The van der Waals surface area contributed by atoms with Crippen molar-refractivity contribution in [1.82, 2.24) is 5.32 Å². The van der Waals surface area contributed by atoms with Crippen LogP contribution in [0, 0.1) is 5.82 Å². The van der Waals surface area contributed by atoms with Gasteiger partial charge in [0.15, 0.2) is 5.60 Å². The number of halogens is 2. The number of anilines is 2. The van der Waals surface area contributed by atoms with Crippen LogP contribution in [0.15, 0.2) is 12.1 Å². The Morgan fingerprint density at radius 2 is 2.04 bits per heavy atom. The van der Waals surface area contributed by atoms with Crippen LogP contribution >= 0.6 is 11.6 Å². The molecule has 138 valence electrons. The van der Waals surface area contributed by atoms with Crippen LogP contribution in [0.25, 0.3) is 0 Å². The first-order valence-corrected chi connectivity index (χ1v) is 7.91. The molecule has 1 aromatic carbocycles. The first-order valence-electron chi connectivity index (χ1n) is 7.53. The Morgan fingerprint density at radius 1 is 1.40 bits per heavy atom. The largest absolute Gasteiger partial charge is 0.479 e. The maximum absolute atomic E-state index is 13.8. The predicted octanol–water partition coefficient (Wildman–Crippen LogP) is 1.27. The molecule has 10 heteroatoms. The van der Waals surface area contributed by atoms with E-state index in [-0.39, 0.29) is 10.7 Å². The zero-order valence-corrected chi connectivity index (χ0v) is 14.3. The fourth-order valence-corrected chi connectivity index (χ4v) is 2.35. The molecule has 1 atom stereocenters. The molecule has 0 saturated carbocycles. The monoisotopic (exact) mass is 375 g/mol. The van der Waals surface area contributed by atoms with E-state index in [4.69, 9.17) is 21.4 Å². The summed E-state index contributed by atoms with van der Waals surface area (Å²) in [4.78, 5) is 24.7. The number of carboxylic acid groups (broad SMARTS) is 1. The number of nitrogens with zero attached hydrogens (tertiary/aromatic N) is 1. The summed E-state index contributed by atoms with van der Waals surface area (Å²) >= 11 is 5.84. The second kappa shape index (κ2) is 7.85. The number of ether oxygens (including phenoxy) is 1. The van der Waals surface area contributed by atoms with Crippen molar-refractivity contribution in [2.75, 3.05) is 43.1 Å². The summed E-state index contributed by atoms with van der Waals surface area (Å²) in [7, 11) is 0. The van der Waals surface area contributed by atoms with Crippen molar-refractivity contribution in [2.24, 2.45) is 0 Å². The van der Waals surface area contributed by atoms with E-state index in [0.717, 1.165) is 13.0 Å². The number of hydrogen-bond donors (Lipinski definition) is 4. The van der Waals surface area contributed by atoms with Gasteiger partial charge in [-0.1, -0.05) is 11.6 Å². The average molecular weight is 376 g/mol. The van der Waals surface area contributed by atoms with Gasteiger partial charge in [-0.2, -0.15) is 0 Å². The number of carbonyl (C=O) groups is 2. The minimum Gasteiger partial charge on any atom is -0.479 e. The molecule has 0 spiro atoms. The number of hydrogen-bond acceptors (Lipinski definition) is 5. The van der Waals surface area contributed by atoms with Crippen LogP contribution < -0.4 is 15.5 Å². The van der Waals surface area contributed by atoms with Crippen LogP contribution in [0.2, 0.25) is 5.02 Å². The lowest BCUT2D eigenvalue weighted by Crippen LogP contribution is -2.47. The van der Waals surface area contributed by atoms with Gasteiger partial charge >= 0.3 is 12.0 Å². The second-order valence-corrected chi connectivity index (χ2v) is 6.18. The number of nitrogens with one attached hydrogen (secondary N) is 2. The van der Waals surface area contributed by atoms with Gasteiger partial charge in [0.25, 0.3) is 0 Å². The predicted molar refractivity (Wildman–Crippen MR) is 89.7 cm³/mol. The van der Waals surface area contributed by atoms with Crippen molar-refractivity contribution in [2.45, 2.75) is 12.5 Å². The van der Waals surface area contributed by atoms with Gasteiger partial charge in [0, 0.05) is 19.2 Å². The first-order chi connectivity index (χ1) is 11.7. The van der Waals surface area contributed by atoms with Gasteiger partial charge in [-0.3, -0.25) is 0 Å². The molecule has 0 bridgehead atoms. The molecular formula is C15H19ClFN3O5. The Bertz CT molecular complexity index is 665. The second-order valence-electron chi connectivity index (χ2n) is 5.77. The Morgan fingerprint density at radius 3 is 2.64 bits per heavy atom. The molecule has 1 aromatic rings. The van der Waals surface area contributed by atoms with Crippen LogP contribution in [0.5, 0.6) is 0 Å². The van der Waals surface area contributed by atoms with Crippen molar-refractivity contribution in [3.63, 3.8) is 0 Å². The summed E-state index contributed by atoms with van der Waals surface area (Å²) in [5.74, 6) is -2.18. The molecule has 1 heterocycles. The molecule has 1 saturated heterocycles. The van der Waals surface area contributed by atoms with Gasteiger partial charge in [0.2, 0.25) is 0 Å². The average Bonchev–Trinajstić information content (AvgIpc) is 2.57. The molecular weight excluding hydrogens is 357 g/mol. The highest BCUT2D eigenvalue weighted by atomic mass is 35.5. The summed E-state index contributed by atoms with van der Waals surface area (Å²) in [6.45, 7) is 2.61. The van der Waals surface area contributed by atoms with Crippen LogP contribution in [-0.2, 0) is 9.53 Å². The van der Waals surface area contributed by atoms with E-state index >= 15 is 0 Å². The van der Waals surface area contributed by atoms with E-state index in [1.165, 1.54) is 6.07 Å². The summed E-state index contributed by atoms with van der Waals surface area (Å²) < 4.78 is 19.1. The minimum atomic E-state index is -2.12. The van der Waals surface area contributed by atoms with Crippen molar-refractivity contribution in [3.8, 4) is 0 Å². The fraction of sp³-hybridized carbons (Fsp3) is 0.467. The minimum absolute atomic E-state index is 0.0822. The highest BCUT2D eigenvalue weighted by Gasteiger charge is 2.30. The lowest BCUT2D eigenvalue weighted by atomic mass is 10.1. The van der Waals surface area contributed by atoms with E-state index < -0.39 is 30.0 Å². The molecule has 1 aliphatic heterocycles. The highest BCUT2D eigenvalue weighted by molar-refractivity contribution is 6.31. The molecule has 0 radical (unpaired) electrons. The molecule has 0 aliphatic carbocycles. The van der Waals surface area contributed by atoms with E-state index in [1.807, 2.05) is 4.90 Å². The Labute approximate surface area is 148 Å². The number of aliphatic hydroxyl groups is 1. The zero-order chi connectivity index (χ0) is 18.6. The van der Waals surface area contributed by atoms with Gasteiger partial charge in [-0.05, 0) is 13.0 Å². The first kappa shape index (κ1) is 19.2. The molecule has 1 unspecified atom stereocenters. The quantitative estimate of drug-likeness (QED) is 0.617. The molecule has 25 heavy (non-hydrogen) atoms. The lowest BCUT2D eigenvalue weighted by Gasteiger charge is -2.31. The number of rotatable bonds is 5. The summed E-state index contributed by atoms with van der Waals surface area (Å²) in [6.07, 6.45) is 0. The molecule has 2 rings (SSSR count). The van der Waals surface area contributed by atoms with Crippen LogP contribution in [0.4, 0.5) is 20.6 Å². The third-order valence-corrected chi connectivity index (χ3v) is 3.98. The fourth-order valence-electron chi connectivity index (χ4n) is 2.20. The third kappa shape index (κ3) is 4.94. The van der Waals surface area contributed by atoms with Crippen molar-refractivity contribution < 1.29 is 28.9 Å². The number of morpholine rings is 1. The normalized spacial score (nSPS) is 16.9.